The minimum Gasteiger partial charge on any atom is -0.232 e. The minimum absolute atomic E-state index is 0.863. The van der Waals surface area contributed by atoms with Gasteiger partial charge in [0.15, 0.2) is 0 Å². The molecular weight excluding hydrogens is 296 g/mol. The van der Waals surface area contributed by atoms with E-state index in [0.717, 1.165) is 13.1 Å². The molecule has 4 heteroatoms. The van der Waals surface area contributed by atoms with Gasteiger partial charge in [-0.1, -0.05) is 24.3 Å². The Morgan fingerprint density at radius 2 is 1.17 bits per heavy atom. The van der Waals surface area contributed by atoms with Crippen molar-refractivity contribution >= 4 is 0 Å². The third-order valence-electron chi connectivity index (χ3n) is 4.53. The summed E-state index contributed by atoms with van der Waals surface area (Å²) in [6.07, 6.45) is 12.8. The van der Waals surface area contributed by atoms with Crippen molar-refractivity contribution in [3.8, 4) is 11.4 Å². The summed E-state index contributed by atoms with van der Waals surface area (Å²) >= 11 is 0. The van der Waals surface area contributed by atoms with E-state index in [-0.39, 0.29) is 0 Å². The van der Waals surface area contributed by atoms with Gasteiger partial charge in [-0.2, -0.15) is 0 Å². The molecule has 0 saturated carbocycles. The maximum absolute atomic E-state index is 2.25. The van der Waals surface area contributed by atoms with E-state index in [1.54, 1.807) is 0 Å². The van der Waals surface area contributed by atoms with Crippen molar-refractivity contribution in [3.05, 3.63) is 97.1 Å². The quantitative estimate of drug-likeness (QED) is 0.390. The molecule has 24 heavy (non-hydrogen) atoms. The van der Waals surface area contributed by atoms with E-state index in [9.17, 15) is 0 Å². The largest absolute Gasteiger partial charge is 0.249 e. The fraction of sp³-hybridized carbons (Fsp3) is 0.100. The lowest BCUT2D eigenvalue weighted by Gasteiger charge is -2.03. The average molecular weight is 314 g/mol. The van der Waals surface area contributed by atoms with Crippen molar-refractivity contribution in [2.45, 2.75) is 13.1 Å². The van der Waals surface area contributed by atoms with E-state index in [1.807, 2.05) is 0 Å². The first kappa shape index (κ1) is 13.3. The maximum Gasteiger partial charge on any atom is 0.249 e. The highest BCUT2D eigenvalue weighted by atomic mass is 15.1. The molecule has 4 nitrogen and oxygen atoms in total. The van der Waals surface area contributed by atoms with Crippen LogP contribution in [0.15, 0.2) is 86.0 Å². The standard InChI is InChI=1S/C20H18N4/c1-3-17-11-19(5-1)23-9-7-22(15-23)14-18-4-2-6-20(12-18)24-10-8-21(13-17)16-24/h1-12,15-16H,13-14H2/q+2. The summed E-state index contributed by atoms with van der Waals surface area (Å²) in [5.41, 5.74) is 4.97. The molecule has 1 aliphatic rings. The molecule has 2 aromatic heterocycles. The van der Waals surface area contributed by atoms with Crippen molar-refractivity contribution < 1.29 is 9.13 Å². The summed E-state index contributed by atoms with van der Waals surface area (Å²) in [4.78, 5) is 0. The lowest BCUT2D eigenvalue weighted by Crippen LogP contribution is -2.32. The summed E-state index contributed by atoms with van der Waals surface area (Å²) in [6.45, 7) is 1.73. The van der Waals surface area contributed by atoms with Gasteiger partial charge in [-0.25, -0.2) is 18.3 Å². The fourth-order valence-corrected chi connectivity index (χ4v) is 3.33. The van der Waals surface area contributed by atoms with Crippen molar-refractivity contribution in [3.63, 3.8) is 0 Å². The molecule has 3 heterocycles. The van der Waals surface area contributed by atoms with Crippen LogP contribution in [-0.2, 0) is 13.1 Å². The molecule has 0 unspecified atom stereocenters. The smallest absolute Gasteiger partial charge is 0.232 e. The lowest BCUT2D eigenvalue weighted by atomic mass is 10.2. The summed E-state index contributed by atoms with van der Waals surface area (Å²) in [5.74, 6) is 0. The summed E-state index contributed by atoms with van der Waals surface area (Å²) in [5, 5.41) is 0. The highest BCUT2D eigenvalue weighted by molar-refractivity contribution is 5.36. The zero-order valence-electron chi connectivity index (χ0n) is 13.3. The fourth-order valence-electron chi connectivity index (χ4n) is 3.33. The highest BCUT2D eigenvalue weighted by Crippen LogP contribution is 2.13. The van der Waals surface area contributed by atoms with Crippen molar-refractivity contribution in [2.24, 2.45) is 0 Å². The van der Waals surface area contributed by atoms with Gasteiger partial charge in [-0.3, -0.25) is 0 Å². The molecule has 0 saturated heterocycles. The molecule has 2 aromatic carbocycles. The monoisotopic (exact) mass is 314 g/mol. The molecule has 4 aromatic rings. The topological polar surface area (TPSA) is 17.6 Å². The Labute approximate surface area is 140 Å². The molecule has 5 rings (SSSR count). The van der Waals surface area contributed by atoms with E-state index in [4.69, 9.17) is 0 Å². The lowest BCUT2D eigenvalue weighted by molar-refractivity contribution is -0.688. The van der Waals surface area contributed by atoms with Crippen LogP contribution in [0.25, 0.3) is 11.4 Å². The molecule has 116 valence electrons. The van der Waals surface area contributed by atoms with E-state index in [2.05, 4.69) is 104 Å². The number of hydrogen-bond acceptors (Lipinski definition) is 0. The van der Waals surface area contributed by atoms with Crippen molar-refractivity contribution in [1.82, 2.24) is 9.13 Å². The molecule has 0 N–H and O–H groups in total. The molecule has 0 fully saturated rings. The van der Waals surface area contributed by atoms with Crippen LogP contribution in [0.1, 0.15) is 11.1 Å². The third-order valence-corrected chi connectivity index (χ3v) is 4.53. The molecule has 0 atom stereocenters. The van der Waals surface area contributed by atoms with Gasteiger partial charge in [0.25, 0.3) is 0 Å². The van der Waals surface area contributed by atoms with Crippen LogP contribution >= 0.6 is 0 Å². The normalized spacial score (nSPS) is 12.7. The molecule has 0 amide bonds. The molecular formula is C20H18N4+2. The molecule has 0 spiro atoms. The minimum atomic E-state index is 0.863. The van der Waals surface area contributed by atoms with Gasteiger partial charge in [0, 0.05) is 0 Å². The van der Waals surface area contributed by atoms with Crippen LogP contribution in [0.4, 0.5) is 0 Å². The van der Waals surface area contributed by atoms with Gasteiger partial charge in [-0.15, -0.1) is 0 Å². The second kappa shape index (κ2) is 5.20. The second-order valence-electron chi connectivity index (χ2n) is 6.33. The summed E-state index contributed by atoms with van der Waals surface area (Å²) in [7, 11) is 0. The Bertz CT molecular complexity index is 942. The Hall–Kier alpha value is -3.14. The van der Waals surface area contributed by atoms with Crippen LogP contribution in [0.5, 0.6) is 0 Å². The average Bonchev–Trinajstić information content (AvgIpc) is 3.24. The van der Waals surface area contributed by atoms with Crippen LogP contribution in [0.2, 0.25) is 0 Å². The van der Waals surface area contributed by atoms with Gasteiger partial charge >= 0.3 is 0 Å². The van der Waals surface area contributed by atoms with E-state index in [0.29, 0.717) is 0 Å². The van der Waals surface area contributed by atoms with Crippen LogP contribution in [0.3, 0.4) is 0 Å². The van der Waals surface area contributed by atoms with Crippen LogP contribution < -0.4 is 9.13 Å². The van der Waals surface area contributed by atoms with E-state index >= 15 is 0 Å². The third kappa shape index (κ3) is 2.33. The first-order valence-electron chi connectivity index (χ1n) is 8.16. The number of aromatic nitrogens is 4. The molecule has 0 radical (unpaired) electrons. The van der Waals surface area contributed by atoms with Gasteiger partial charge in [0.1, 0.15) is 49.3 Å². The maximum atomic E-state index is 2.25. The number of rotatable bonds is 0. The predicted octanol–water partition coefficient (Wildman–Crippen LogP) is 2.25. The SMILES string of the molecule is c1cc2cc(c1)-n1cc[n+](c1)Cc1cccc(c1)-n1cc[n+](c1)C2. The van der Waals surface area contributed by atoms with E-state index in [1.165, 1.54) is 22.5 Å². The van der Waals surface area contributed by atoms with E-state index < -0.39 is 0 Å². The van der Waals surface area contributed by atoms with Crippen molar-refractivity contribution in [1.29, 1.82) is 0 Å². The van der Waals surface area contributed by atoms with Crippen LogP contribution in [-0.4, -0.2) is 9.13 Å². The van der Waals surface area contributed by atoms with Gasteiger partial charge in [0.2, 0.25) is 12.7 Å². The first-order chi connectivity index (χ1) is 11.8. The van der Waals surface area contributed by atoms with Crippen molar-refractivity contribution in [2.75, 3.05) is 0 Å². The molecule has 8 bridgehead atoms. The number of nitrogens with zero attached hydrogens (tertiary/aromatic N) is 4. The first-order valence-corrected chi connectivity index (χ1v) is 8.16. The highest BCUT2D eigenvalue weighted by Gasteiger charge is 2.13. The Kier molecular flexibility index (Phi) is 2.88. The second-order valence-corrected chi connectivity index (χ2v) is 6.33. The van der Waals surface area contributed by atoms with Gasteiger partial charge in [0.05, 0.1) is 0 Å². The molecule has 1 aliphatic heterocycles. The Balaban J connectivity index is 1.70. The number of hydrogen-bond donors (Lipinski definition) is 0. The zero-order chi connectivity index (χ0) is 15.9. The predicted molar refractivity (Wildman–Crippen MR) is 90.1 cm³/mol. The summed E-state index contributed by atoms with van der Waals surface area (Å²) in [6, 6.07) is 17.4. The Morgan fingerprint density at radius 1 is 0.667 bits per heavy atom. The number of imidazole rings is 2. The van der Waals surface area contributed by atoms with Crippen LogP contribution in [0, 0.1) is 0 Å². The Morgan fingerprint density at radius 3 is 1.67 bits per heavy atom. The van der Waals surface area contributed by atoms with Gasteiger partial charge in [-0.05, 0) is 35.4 Å². The van der Waals surface area contributed by atoms with Gasteiger partial charge < -0.3 is 0 Å². The summed E-state index contributed by atoms with van der Waals surface area (Å²) < 4.78 is 8.78. The number of fused-ring (bicyclic) bond motifs is 10. The molecule has 0 aliphatic carbocycles. The number of benzene rings is 2. The zero-order valence-corrected chi connectivity index (χ0v) is 13.3.